The second kappa shape index (κ2) is 10.5. The van der Waals surface area contributed by atoms with Crippen LogP contribution in [0.5, 0.6) is 5.75 Å². The lowest BCUT2D eigenvalue weighted by atomic mass is 9.97. The third kappa shape index (κ3) is 6.12. The Kier molecular flexibility index (Phi) is 8.05. The maximum absolute atomic E-state index is 12.5. The molecule has 0 aliphatic carbocycles. The normalized spacial score (nSPS) is 12.7. The van der Waals surface area contributed by atoms with Crippen LogP contribution in [-0.4, -0.2) is 25.1 Å². The summed E-state index contributed by atoms with van der Waals surface area (Å²) in [5.41, 5.74) is 2.86. The lowest BCUT2D eigenvalue weighted by Gasteiger charge is -2.18. The molecule has 0 heterocycles. The van der Waals surface area contributed by atoms with Crippen molar-refractivity contribution in [2.24, 2.45) is 0 Å². The highest BCUT2D eigenvalue weighted by Gasteiger charge is 2.19. The van der Waals surface area contributed by atoms with Crippen molar-refractivity contribution in [3.8, 4) is 5.75 Å². The van der Waals surface area contributed by atoms with Gasteiger partial charge in [-0.3, -0.25) is 9.59 Å². The van der Waals surface area contributed by atoms with Gasteiger partial charge in [0.15, 0.2) is 6.10 Å². The van der Waals surface area contributed by atoms with E-state index in [1.165, 1.54) is 0 Å². The number of hydrogen-bond acceptors (Lipinski definition) is 4. The van der Waals surface area contributed by atoms with E-state index in [0.29, 0.717) is 12.3 Å². The Hall–Kier alpha value is -2.82. The topological polar surface area (TPSA) is 64.6 Å². The van der Waals surface area contributed by atoms with Crippen LogP contribution in [0.25, 0.3) is 0 Å². The van der Waals surface area contributed by atoms with Crippen molar-refractivity contribution in [3.05, 3.63) is 59.7 Å². The molecule has 1 amide bonds. The molecule has 0 radical (unpaired) electrons. The fourth-order valence-electron chi connectivity index (χ4n) is 2.84. The first-order chi connectivity index (χ1) is 13.4. The summed E-state index contributed by atoms with van der Waals surface area (Å²) in [5, 5.41) is 2.89. The first-order valence-electron chi connectivity index (χ1n) is 9.66. The zero-order chi connectivity index (χ0) is 20.5. The summed E-state index contributed by atoms with van der Waals surface area (Å²) in [6.07, 6.45) is 0.887. The van der Waals surface area contributed by atoms with Crippen LogP contribution >= 0.6 is 0 Å². The third-order valence-electron chi connectivity index (χ3n) is 4.82. The number of para-hydroxylation sites is 1. The van der Waals surface area contributed by atoms with Gasteiger partial charge in [0.1, 0.15) is 5.75 Å². The number of benzene rings is 2. The van der Waals surface area contributed by atoms with Gasteiger partial charge in [-0.25, -0.2) is 0 Å². The summed E-state index contributed by atoms with van der Waals surface area (Å²) in [5.74, 6) is 0.385. The van der Waals surface area contributed by atoms with E-state index in [2.05, 4.69) is 19.2 Å². The minimum Gasteiger partial charge on any atom is -0.497 e. The molecule has 0 aromatic heterocycles. The number of amides is 1. The fraction of sp³-hybridized carbons (Fsp3) is 0.391. The molecule has 0 aliphatic heterocycles. The molecule has 2 atom stereocenters. The van der Waals surface area contributed by atoms with Gasteiger partial charge in [-0.1, -0.05) is 44.2 Å². The Balaban J connectivity index is 1.87. The zero-order valence-corrected chi connectivity index (χ0v) is 17.0. The maximum atomic E-state index is 12.5. The zero-order valence-electron chi connectivity index (χ0n) is 17.0. The summed E-state index contributed by atoms with van der Waals surface area (Å²) in [7, 11) is 1.61. The molecule has 2 aromatic carbocycles. The highest BCUT2D eigenvalue weighted by Crippen LogP contribution is 2.26. The van der Waals surface area contributed by atoms with Crippen molar-refractivity contribution < 1.29 is 19.1 Å². The van der Waals surface area contributed by atoms with Crippen LogP contribution in [0.4, 0.5) is 5.69 Å². The Morgan fingerprint density at radius 2 is 1.71 bits per heavy atom. The number of ether oxygens (including phenoxy) is 2. The number of carbonyl (C=O) groups is 2. The molecule has 28 heavy (non-hydrogen) atoms. The molecular weight excluding hydrogens is 354 g/mol. The average molecular weight is 383 g/mol. The molecule has 1 N–H and O–H groups in total. The van der Waals surface area contributed by atoms with Gasteiger partial charge in [-0.15, -0.1) is 0 Å². The van der Waals surface area contributed by atoms with Crippen LogP contribution in [0.2, 0.25) is 0 Å². The number of rotatable bonds is 9. The Morgan fingerprint density at radius 3 is 2.36 bits per heavy atom. The van der Waals surface area contributed by atoms with Gasteiger partial charge >= 0.3 is 5.97 Å². The summed E-state index contributed by atoms with van der Waals surface area (Å²) < 4.78 is 10.4. The van der Waals surface area contributed by atoms with Gasteiger partial charge in [0.05, 0.1) is 7.11 Å². The molecule has 0 fully saturated rings. The third-order valence-corrected chi connectivity index (χ3v) is 4.82. The molecule has 5 nitrogen and oxygen atoms in total. The number of carbonyl (C=O) groups excluding carboxylic acids is 2. The number of anilines is 1. The van der Waals surface area contributed by atoms with Crippen LogP contribution in [0.1, 0.15) is 50.7 Å². The van der Waals surface area contributed by atoms with Gasteiger partial charge in [0.2, 0.25) is 0 Å². The summed E-state index contributed by atoms with van der Waals surface area (Å²) in [6.45, 7) is 5.82. The molecule has 2 aromatic rings. The van der Waals surface area contributed by atoms with Gasteiger partial charge in [0.25, 0.3) is 5.91 Å². The standard InChI is InChI=1S/C23H29NO4/c1-5-16(2)20-8-6-7-9-21(20)24-23(26)17(3)28-22(25)15-12-18-10-13-19(27-4)14-11-18/h6-11,13-14,16-17H,5,12,15H2,1-4H3,(H,24,26)/t16-,17+/m0/s1. The summed E-state index contributed by atoms with van der Waals surface area (Å²) >= 11 is 0. The van der Waals surface area contributed by atoms with E-state index in [0.717, 1.165) is 29.0 Å². The molecule has 0 unspecified atom stereocenters. The molecule has 5 heteroatoms. The molecule has 2 rings (SSSR count). The molecule has 0 bridgehead atoms. The van der Waals surface area contributed by atoms with E-state index in [-0.39, 0.29) is 12.3 Å². The first kappa shape index (κ1) is 21.5. The SMILES string of the molecule is CC[C@H](C)c1ccccc1NC(=O)[C@@H](C)OC(=O)CCc1ccc(OC)cc1. The second-order valence-electron chi connectivity index (χ2n) is 6.87. The van der Waals surface area contributed by atoms with Gasteiger partial charge in [-0.05, 0) is 55.0 Å². The number of nitrogens with one attached hydrogen (secondary N) is 1. The Labute approximate surface area is 167 Å². The van der Waals surface area contributed by atoms with Crippen LogP contribution in [0.15, 0.2) is 48.5 Å². The molecule has 0 saturated heterocycles. The number of esters is 1. The summed E-state index contributed by atoms with van der Waals surface area (Å²) in [6, 6.07) is 15.2. The van der Waals surface area contributed by atoms with Crippen LogP contribution in [0, 0.1) is 0 Å². The predicted molar refractivity (Wildman–Crippen MR) is 111 cm³/mol. The van der Waals surface area contributed by atoms with Crippen molar-refractivity contribution in [3.63, 3.8) is 0 Å². The quantitative estimate of drug-likeness (QED) is 0.637. The van der Waals surface area contributed by atoms with Crippen LogP contribution < -0.4 is 10.1 Å². The monoisotopic (exact) mass is 383 g/mol. The molecular formula is C23H29NO4. The highest BCUT2D eigenvalue weighted by molar-refractivity contribution is 5.95. The van der Waals surface area contributed by atoms with Gasteiger partial charge in [-0.2, -0.15) is 0 Å². The maximum Gasteiger partial charge on any atom is 0.306 e. The van der Waals surface area contributed by atoms with Crippen molar-refractivity contribution in [2.45, 2.75) is 52.1 Å². The molecule has 150 valence electrons. The van der Waals surface area contributed by atoms with E-state index in [1.807, 2.05) is 48.5 Å². The minimum absolute atomic E-state index is 0.216. The molecule has 0 aliphatic rings. The van der Waals surface area contributed by atoms with Gasteiger partial charge in [0, 0.05) is 12.1 Å². The lowest BCUT2D eigenvalue weighted by Crippen LogP contribution is -2.30. The Morgan fingerprint density at radius 1 is 1.04 bits per heavy atom. The van der Waals surface area contributed by atoms with E-state index in [1.54, 1.807) is 14.0 Å². The number of hydrogen-bond donors (Lipinski definition) is 1. The first-order valence-corrected chi connectivity index (χ1v) is 9.66. The largest absolute Gasteiger partial charge is 0.497 e. The van der Waals surface area contributed by atoms with Crippen molar-refractivity contribution >= 4 is 17.6 Å². The predicted octanol–water partition coefficient (Wildman–Crippen LogP) is 4.71. The van der Waals surface area contributed by atoms with Crippen LogP contribution in [0.3, 0.4) is 0 Å². The second-order valence-corrected chi connectivity index (χ2v) is 6.87. The van der Waals surface area contributed by atoms with E-state index < -0.39 is 12.1 Å². The minimum atomic E-state index is -0.853. The van der Waals surface area contributed by atoms with Crippen molar-refractivity contribution in [1.29, 1.82) is 0 Å². The van der Waals surface area contributed by atoms with Gasteiger partial charge < -0.3 is 14.8 Å². The number of aryl methyl sites for hydroxylation is 1. The van der Waals surface area contributed by atoms with Crippen molar-refractivity contribution in [2.75, 3.05) is 12.4 Å². The lowest BCUT2D eigenvalue weighted by molar-refractivity contribution is -0.153. The number of methoxy groups -OCH3 is 1. The average Bonchev–Trinajstić information content (AvgIpc) is 2.72. The van der Waals surface area contributed by atoms with E-state index >= 15 is 0 Å². The Bertz CT molecular complexity index is 785. The van der Waals surface area contributed by atoms with Crippen molar-refractivity contribution in [1.82, 2.24) is 0 Å². The van der Waals surface area contributed by atoms with E-state index in [9.17, 15) is 9.59 Å². The molecule has 0 saturated carbocycles. The van der Waals surface area contributed by atoms with E-state index in [4.69, 9.17) is 9.47 Å². The summed E-state index contributed by atoms with van der Waals surface area (Å²) in [4.78, 5) is 24.6. The molecule has 0 spiro atoms. The fourth-order valence-corrected chi connectivity index (χ4v) is 2.84. The smallest absolute Gasteiger partial charge is 0.306 e. The highest BCUT2D eigenvalue weighted by atomic mass is 16.5. The van der Waals surface area contributed by atoms with Crippen LogP contribution in [-0.2, 0) is 20.7 Å².